The molecule has 2 fully saturated rings. The van der Waals surface area contributed by atoms with Crippen molar-refractivity contribution < 1.29 is 19.1 Å². The van der Waals surface area contributed by atoms with Gasteiger partial charge in [-0.2, -0.15) is 0 Å². The summed E-state index contributed by atoms with van der Waals surface area (Å²) in [5.41, 5.74) is 1.53. The lowest BCUT2D eigenvalue weighted by Gasteiger charge is -2.37. The second-order valence-corrected chi connectivity index (χ2v) is 10.3. The number of cyclic esters (lactones) is 1. The lowest BCUT2D eigenvalue weighted by Crippen LogP contribution is -2.54. The van der Waals surface area contributed by atoms with Gasteiger partial charge in [-0.25, -0.2) is 9.59 Å². The van der Waals surface area contributed by atoms with Crippen molar-refractivity contribution in [3.05, 3.63) is 108 Å². The third kappa shape index (κ3) is 5.71. The van der Waals surface area contributed by atoms with Crippen LogP contribution in [0.15, 0.2) is 91.0 Å². The average molecular weight is 498 g/mol. The van der Waals surface area contributed by atoms with Crippen LogP contribution in [0.1, 0.15) is 67.9 Å². The van der Waals surface area contributed by atoms with Crippen molar-refractivity contribution in [2.24, 2.45) is 5.92 Å². The Kier molecular flexibility index (Phi) is 7.88. The number of hydrogen-bond acceptors (Lipinski definition) is 4. The molecule has 1 aliphatic heterocycles. The van der Waals surface area contributed by atoms with Gasteiger partial charge in [0.15, 0.2) is 5.54 Å². The lowest BCUT2D eigenvalue weighted by molar-refractivity contribution is -0.146. The van der Waals surface area contributed by atoms with Crippen LogP contribution in [-0.4, -0.2) is 22.5 Å². The average Bonchev–Trinajstić information content (AvgIpc) is 3.24. The number of carbonyl (C=O) groups excluding carboxylic acids is 2. The molecule has 0 aromatic heterocycles. The third-order valence-electron chi connectivity index (χ3n) is 7.81. The Hall–Kier alpha value is -3.60. The van der Waals surface area contributed by atoms with Crippen LogP contribution in [0.2, 0.25) is 0 Å². The second-order valence-electron chi connectivity index (χ2n) is 10.3. The Morgan fingerprint density at radius 1 is 0.838 bits per heavy atom. The summed E-state index contributed by atoms with van der Waals surface area (Å²) in [6.45, 7) is 0.135. The van der Waals surface area contributed by atoms with Crippen molar-refractivity contribution in [3.63, 3.8) is 0 Å². The van der Waals surface area contributed by atoms with Gasteiger partial charge in [0.05, 0.1) is 0 Å². The summed E-state index contributed by atoms with van der Waals surface area (Å²) < 4.78 is 11.9. The largest absolute Gasteiger partial charge is 0.444 e. The molecule has 5 nitrogen and oxygen atoms in total. The molecule has 192 valence electrons. The molecule has 0 N–H and O–H groups in total. The molecular formula is C32H35NO4. The van der Waals surface area contributed by atoms with Crippen LogP contribution in [0.25, 0.3) is 0 Å². The second kappa shape index (κ2) is 11.6. The minimum atomic E-state index is -1.13. The van der Waals surface area contributed by atoms with Gasteiger partial charge >= 0.3 is 12.1 Å². The highest BCUT2D eigenvalue weighted by Gasteiger charge is 2.58. The first kappa shape index (κ1) is 25.1. The third-order valence-corrected chi connectivity index (χ3v) is 7.81. The smallest absolute Gasteiger partial charge is 0.414 e. The topological polar surface area (TPSA) is 55.8 Å². The molecule has 1 amide bonds. The lowest BCUT2D eigenvalue weighted by atomic mass is 9.79. The molecular weight excluding hydrogens is 462 g/mol. The predicted molar refractivity (Wildman–Crippen MR) is 142 cm³/mol. The van der Waals surface area contributed by atoms with E-state index in [0.717, 1.165) is 23.1 Å². The van der Waals surface area contributed by atoms with E-state index in [4.69, 9.17) is 9.47 Å². The minimum Gasteiger partial charge on any atom is -0.444 e. The first-order valence-corrected chi connectivity index (χ1v) is 13.5. The SMILES string of the molecule is O=C(OCc1ccccc1)N1[C@H](c2ccccc2)OC(=O)[C@@]1(CCC1CCCCC1)Cc1ccccc1. The van der Waals surface area contributed by atoms with E-state index in [9.17, 15) is 9.59 Å². The van der Waals surface area contributed by atoms with Gasteiger partial charge < -0.3 is 9.47 Å². The zero-order valence-corrected chi connectivity index (χ0v) is 21.3. The number of hydrogen-bond donors (Lipinski definition) is 0. The van der Waals surface area contributed by atoms with Crippen molar-refractivity contribution in [2.45, 2.75) is 69.7 Å². The summed E-state index contributed by atoms with van der Waals surface area (Å²) in [4.78, 5) is 29.4. The molecule has 1 heterocycles. The van der Waals surface area contributed by atoms with Crippen LogP contribution in [0.5, 0.6) is 0 Å². The molecule has 1 saturated heterocycles. The molecule has 2 aliphatic rings. The van der Waals surface area contributed by atoms with Crippen LogP contribution < -0.4 is 0 Å². The minimum absolute atomic E-state index is 0.135. The van der Waals surface area contributed by atoms with Crippen LogP contribution in [0.4, 0.5) is 4.79 Å². The van der Waals surface area contributed by atoms with Crippen LogP contribution in [-0.2, 0) is 27.3 Å². The van der Waals surface area contributed by atoms with Crippen molar-refractivity contribution in [3.8, 4) is 0 Å². The fourth-order valence-electron chi connectivity index (χ4n) is 5.80. The van der Waals surface area contributed by atoms with Crippen molar-refractivity contribution in [2.75, 3.05) is 0 Å². The highest BCUT2D eigenvalue weighted by atomic mass is 16.6. The first-order valence-electron chi connectivity index (χ1n) is 13.5. The summed E-state index contributed by atoms with van der Waals surface area (Å²) >= 11 is 0. The van der Waals surface area contributed by atoms with Gasteiger partial charge in [-0.3, -0.25) is 4.90 Å². The van der Waals surface area contributed by atoms with Crippen molar-refractivity contribution in [1.29, 1.82) is 0 Å². The Morgan fingerprint density at radius 2 is 1.43 bits per heavy atom. The van der Waals surface area contributed by atoms with E-state index in [1.165, 1.54) is 32.1 Å². The molecule has 37 heavy (non-hydrogen) atoms. The summed E-state index contributed by atoms with van der Waals surface area (Å²) in [7, 11) is 0. The van der Waals surface area contributed by atoms with E-state index in [1.54, 1.807) is 4.90 Å². The molecule has 1 saturated carbocycles. The van der Waals surface area contributed by atoms with Gasteiger partial charge in [0.2, 0.25) is 6.23 Å². The standard InChI is InChI=1S/C32H35NO4/c34-30-32(23-26-15-7-2-8-16-26,22-21-25-13-5-1-6-14-25)33(29(37-30)28-19-11-4-12-20-28)31(35)36-24-27-17-9-3-10-18-27/h2-4,7-12,15-20,25,29H,1,5-6,13-14,21-24H2/t29-,32+/m0/s1. The number of carbonyl (C=O) groups is 2. The highest BCUT2D eigenvalue weighted by molar-refractivity contribution is 5.89. The molecule has 3 aromatic rings. The molecule has 0 bridgehead atoms. The molecule has 0 unspecified atom stereocenters. The molecule has 0 radical (unpaired) electrons. The van der Waals surface area contributed by atoms with Gasteiger partial charge in [-0.1, -0.05) is 123 Å². The number of benzene rings is 3. The number of rotatable bonds is 8. The number of nitrogens with zero attached hydrogens (tertiary/aromatic N) is 1. The summed E-state index contributed by atoms with van der Waals surface area (Å²) in [5.74, 6) is 0.213. The van der Waals surface area contributed by atoms with Crippen LogP contribution in [0, 0.1) is 5.92 Å². The van der Waals surface area contributed by atoms with Gasteiger partial charge in [0, 0.05) is 12.0 Å². The Bertz CT molecular complexity index is 1160. The van der Waals surface area contributed by atoms with Crippen LogP contribution in [0.3, 0.4) is 0 Å². The van der Waals surface area contributed by atoms with E-state index in [0.29, 0.717) is 18.8 Å². The fraction of sp³-hybridized carbons (Fsp3) is 0.375. The Labute approximate surface area is 219 Å². The Balaban J connectivity index is 1.50. The number of ether oxygens (including phenoxy) is 2. The normalized spacial score (nSPS) is 22.0. The summed E-state index contributed by atoms with van der Waals surface area (Å²) in [5, 5.41) is 0. The molecule has 5 rings (SSSR count). The zero-order chi connectivity index (χ0) is 25.5. The summed E-state index contributed by atoms with van der Waals surface area (Å²) in [6.07, 6.45) is 6.57. The molecule has 2 atom stereocenters. The zero-order valence-electron chi connectivity index (χ0n) is 21.3. The van der Waals surface area contributed by atoms with Crippen molar-refractivity contribution in [1.82, 2.24) is 4.90 Å². The quantitative estimate of drug-likeness (QED) is 0.308. The maximum atomic E-state index is 13.9. The monoisotopic (exact) mass is 497 g/mol. The van der Waals surface area contributed by atoms with Gasteiger partial charge in [0.1, 0.15) is 6.61 Å². The summed E-state index contributed by atoms with van der Waals surface area (Å²) in [6, 6.07) is 29.1. The van der Waals surface area contributed by atoms with E-state index >= 15 is 0 Å². The van der Waals surface area contributed by atoms with Gasteiger partial charge in [0.25, 0.3) is 0 Å². The van der Waals surface area contributed by atoms with Crippen molar-refractivity contribution >= 4 is 12.1 Å². The van der Waals surface area contributed by atoms with E-state index in [-0.39, 0.29) is 12.6 Å². The number of esters is 1. The molecule has 1 aliphatic carbocycles. The van der Waals surface area contributed by atoms with Gasteiger partial charge in [-0.15, -0.1) is 0 Å². The van der Waals surface area contributed by atoms with Gasteiger partial charge in [-0.05, 0) is 29.9 Å². The van der Waals surface area contributed by atoms with Crippen LogP contribution >= 0.6 is 0 Å². The predicted octanol–water partition coefficient (Wildman–Crippen LogP) is 7.22. The molecule has 5 heteroatoms. The van der Waals surface area contributed by atoms with E-state index in [1.807, 2.05) is 91.0 Å². The maximum absolute atomic E-state index is 13.9. The highest BCUT2D eigenvalue weighted by Crippen LogP contribution is 2.45. The molecule has 0 spiro atoms. The Morgan fingerprint density at radius 3 is 2.08 bits per heavy atom. The van der Waals surface area contributed by atoms with E-state index < -0.39 is 17.9 Å². The first-order chi connectivity index (χ1) is 18.2. The number of amides is 1. The van der Waals surface area contributed by atoms with E-state index in [2.05, 4.69) is 0 Å². The fourth-order valence-corrected chi connectivity index (χ4v) is 5.80. The molecule has 3 aromatic carbocycles. The maximum Gasteiger partial charge on any atom is 0.414 e.